The van der Waals surface area contributed by atoms with Crippen LogP contribution in [0.25, 0.3) is 11.0 Å². The number of imidazole rings is 1. The number of carbonyl (C=O) groups excluding carboxylic acids is 1. The molecule has 11 heteroatoms. The van der Waals surface area contributed by atoms with Gasteiger partial charge in [0.25, 0.3) is 0 Å². The Kier molecular flexibility index (Phi) is 6.62. The lowest BCUT2D eigenvalue weighted by Crippen LogP contribution is -2.14. The van der Waals surface area contributed by atoms with Crippen LogP contribution < -0.4 is 19.6 Å². The van der Waals surface area contributed by atoms with Crippen molar-refractivity contribution in [3.63, 3.8) is 0 Å². The molecule has 0 spiro atoms. The van der Waals surface area contributed by atoms with Crippen molar-refractivity contribution in [2.24, 2.45) is 5.92 Å². The highest BCUT2D eigenvalue weighted by Crippen LogP contribution is 2.31. The van der Waals surface area contributed by atoms with E-state index < -0.39 is 10.1 Å². The van der Waals surface area contributed by atoms with Gasteiger partial charge in [0.15, 0.2) is 11.5 Å². The highest BCUT2D eigenvalue weighted by molar-refractivity contribution is 7.87. The van der Waals surface area contributed by atoms with Crippen LogP contribution in [-0.4, -0.2) is 43.1 Å². The summed E-state index contributed by atoms with van der Waals surface area (Å²) in [6.07, 6.45) is 2.45. The number of aromatic nitrogens is 2. The summed E-state index contributed by atoms with van der Waals surface area (Å²) < 4.78 is 36.1. The number of phenolic OH excluding ortho intramolecular Hbond substituents is 1. The van der Waals surface area contributed by atoms with Crippen LogP contribution in [0.4, 0.5) is 11.6 Å². The maximum atomic E-state index is 12.8. The molecule has 3 aromatic carbocycles. The minimum Gasteiger partial charge on any atom is -0.504 e. The quantitative estimate of drug-likeness (QED) is 0.229. The van der Waals surface area contributed by atoms with Gasteiger partial charge in [-0.1, -0.05) is 6.07 Å². The van der Waals surface area contributed by atoms with Crippen molar-refractivity contribution in [2.75, 3.05) is 24.3 Å². The minimum atomic E-state index is -4.06. The van der Waals surface area contributed by atoms with Crippen molar-refractivity contribution in [3.05, 3.63) is 66.2 Å². The standard InChI is InChI=1S/C26H26N4O6S/c1-35-24-14-16(2-11-23(24)31)12-13-27-18-5-8-20(9-6-18)37(33,34)36-19-7-10-21-22(15-19)29-26(28-21)30-25(32)17-3-4-17/h2,5-11,14-15,17,27,31H,3-4,12-13H2,1H3,(H2,28,29,30,32). The number of benzene rings is 3. The first-order valence-electron chi connectivity index (χ1n) is 11.8. The van der Waals surface area contributed by atoms with E-state index in [1.165, 1.54) is 31.4 Å². The molecule has 5 rings (SSSR count). The number of hydrogen-bond acceptors (Lipinski definition) is 8. The van der Waals surface area contributed by atoms with E-state index in [0.717, 1.165) is 24.1 Å². The van der Waals surface area contributed by atoms with E-state index in [4.69, 9.17) is 8.92 Å². The lowest BCUT2D eigenvalue weighted by atomic mass is 10.1. The second-order valence-electron chi connectivity index (χ2n) is 8.77. The summed E-state index contributed by atoms with van der Waals surface area (Å²) in [5.41, 5.74) is 2.87. The fourth-order valence-corrected chi connectivity index (χ4v) is 4.73. The number of amides is 1. The van der Waals surface area contributed by atoms with E-state index in [2.05, 4.69) is 20.6 Å². The van der Waals surface area contributed by atoms with Crippen LogP contribution in [-0.2, 0) is 21.3 Å². The van der Waals surface area contributed by atoms with Crippen LogP contribution in [0.5, 0.6) is 17.2 Å². The molecule has 4 aromatic rings. The lowest BCUT2D eigenvalue weighted by Gasteiger charge is -2.10. The maximum absolute atomic E-state index is 12.8. The number of anilines is 2. The number of phenols is 1. The fourth-order valence-electron chi connectivity index (χ4n) is 3.80. The number of fused-ring (bicyclic) bond motifs is 1. The van der Waals surface area contributed by atoms with Crippen LogP contribution >= 0.6 is 0 Å². The van der Waals surface area contributed by atoms with E-state index in [9.17, 15) is 18.3 Å². The summed E-state index contributed by atoms with van der Waals surface area (Å²) in [4.78, 5) is 19.3. The summed E-state index contributed by atoms with van der Waals surface area (Å²) in [7, 11) is -2.56. The molecule has 1 aliphatic carbocycles. The van der Waals surface area contributed by atoms with Crippen molar-refractivity contribution < 1.29 is 27.2 Å². The number of nitrogens with zero attached hydrogens (tertiary/aromatic N) is 1. The summed E-state index contributed by atoms with van der Waals surface area (Å²) in [6, 6.07) is 16.1. The Bertz CT molecular complexity index is 1550. The number of carbonyl (C=O) groups is 1. The van der Waals surface area contributed by atoms with Crippen LogP contribution in [0.1, 0.15) is 18.4 Å². The number of hydrogen-bond donors (Lipinski definition) is 4. The number of ether oxygens (including phenoxy) is 1. The molecule has 0 aliphatic heterocycles. The number of rotatable bonds is 10. The van der Waals surface area contributed by atoms with Gasteiger partial charge in [0.2, 0.25) is 11.9 Å². The smallest absolute Gasteiger partial charge is 0.339 e. The van der Waals surface area contributed by atoms with Gasteiger partial charge in [-0.05, 0) is 73.4 Å². The second-order valence-corrected chi connectivity index (χ2v) is 10.3. The van der Waals surface area contributed by atoms with E-state index in [1.807, 2.05) is 6.07 Å². The van der Waals surface area contributed by atoms with E-state index in [1.54, 1.807) is 30.3 Å². The van der Waals surface area contributed by atoms with Crippen LogP contribution in [0.15, 0.2) is 65.6 Å². The highest BCUT2D eigenvalue weighted by atomic mass is 32.2. The first-order chi connectivity index (χ1) is 17.8. The maximum Gasteiger partial charge on any atom is 0.339 e. The average molecular weight is 523 g/mol. The molecule has 1 saturated carbocycles. The molecule has 0 unspecified atom stereocenters. The largest absolute Gasteiger partial charge is 0.504 e. The van der Waals surface area contributed by atoms with Crippen LogP contribution in [0, 0.1) is 5.92 Å². The van der Waals surface area contributed by atoms with Gasteiger partial charge >= 0.3 is 10.1 Å². The third-order valence-corrected chi connectivity index (χ3v) is 7.24. The summed E-state index contributed by atoms with van der Waals surface area (Å²) >= 11 is 0. The van der Waals surface area contributed by atoms with Gasteiger partial charge in [0, 0.05) is 24.2 Å². The Morgan fingerprint density at radius 3 is 2.62 bits per heavy atom. The van der Waals surface area contributed by atoms with Gasteiger partial charge in [-0.15, -0.1) is 0 Å². The average Bonchev–Trinajstić information content (AvgIpc) is 3.66. The van der Waals surface area contributed by atoms with Gasteiger partial charge in [0.05, 0.1) is 18.1 Å². The molecule has 0 atom stereocenters. The zero-order chi connectivity index (χ0) is 26.0. The summed E-state index contributed by atoms with van der Waals surface area (Å²) in [5.74, 6) is 0.910. The molecule has 192 valence electrons. The number of aromatic amines is 1. The zero-order valence-electron chi connectivity index (χ0n) is 20.0. The second kappa shape index (κ2) is 10.0. The number of H-pyrrole nitrogens is 1. The first kappa shape index (κ1) is 24.4. The molecule has 0 bridgehead atoms. The summed E-state index contributed by atoms with van der Waals surface area (Å²) in [5, 5.41) is 15.7. The zero-order valence-corrected chi connectivity index (χ0v) is 20.8. The monoisotopic (exact) mass is 522 g/mol. The fraction of sp³-hybridized carbons (Fsp3) is 0.231. The Morgan fingerprint density at radius 1 is 1.11 bits per heavy atom. The molecule has 0 saturated heterocycles. The van der Waals surface area contributed by atoms with E-state index in [-0.39, 0.29) is 28.2 Å². The molecule has 0 radical (unpaired) electrons. The van der Waals surface area contributed by atoms with Crippen LogP contribution in [0.2, 0.25) is 0 Å². The molecular weight excluding hydrogens is 496 g/mol. The molecule has 1 amide bonds. The molecule has 1 aromatic heterocycles. The molecule has 37 heavy (non-hydrogen) atoms. The van der Waals surface area contributed by atoms with Crippen LogP contribution in [0.3, 0.4) is 0 Å². The van der Waals surface area contributed by atoms with Crippen molar-refractivity contribution in [2.45, 2.75) is 24.2 Å². The Morgan fingerprint density at radius 2 is 1.89 bits per heavy atom. The predicted octanol–water partition coefficient (Wildman–Crippen LogP) is 4.05. The van der Waals surface area contributed by atoms with Gasteiger partial charge in [-0.3, -0.25) is 10.1 Å². The highest BCUT2D eigenvalue weighted by Gasteiger charge is 2.30. The molecule has 1 aliphatic rings. The molecule has 1 heterocycles. The van der Waals surface area contributed by atoms with Gasteiger partial charge in [-0.2, -0.15) is 8.42 Å². The normalized spacial score (nSPS) is 13.3. The summed E-state index contributed by atoms with van der Waals surface area (Å²) in [6.45, 7) is 0.600. The Hall–Kier alpha value is -4.25. The third-order valence-electron chi connectivity index (χ3n) is 5.98. The van der Waals surface area contributed by atoms with Crippen molar-refractivity contribution in [1.29, 1.82) is 0 Å². The molecular formula is C26H26N4O6S. The Labute approximate surface area is 213 Å². The van der Waals surface area contributed by atoms with Gasteiger partial charge < -0.3 is 24.3 Å². The predicted molar refractivity (Wildman–Crippen MR) is 139 cm³/mol. The van der Waals surface area contributed by atoms with Crippen molar-refractivity contribution >= 4 is 38.7 Å². The number of aromatic hydroxyl groups is 1. The lowest BCUT2D eigenvalue weighted by molar-refractivity contribution is -0.117. The molecule has 10 nitrogen and oxygen atoms in total. The van der Waals surface area contributed by atoms with Crippen molar-refractivity contribution in [1.82, 2.24) is 9.97 Å². The number of methoxy groups -OCH3 is 1. The van der Waals surface area contributed by atoms with E-state index >= 15 is 0 Å². The number of nitrogens with one attached hydrogen (secondary N) is 3. The van der Waals surface area contributed by atoms with Gasteiger partial charge in [0.1, 0.15) is 10.6 Å². The van der Waals surface area contributed by atoms with Crippen molar-refractivity contribution in [3.8, 4) is 17.2 Å². The minimum absolute atomic E-state index is 0.0147. The SMILES string of the molecule is COc1cc(CCNc2ccc(S(=O)(=O)Oc3ccc4[nH]c(NC(=O)C5CC5)nc4c3)cc2)ccc1O. The van der Waals surface area contributed by atoms with Gasteiger partial charge in [-0.25, -0.2) is 4.98 Å². The topological polar surface area (TPSA) is 143 Å². The molecule has 1 fully saturated rings. The molecule has 4 N–H and O–H groups in total. The third kappa shape index (κ3) is 5.78. The first-order valence-corrected chi connectivity index (χ1v) is 13.2. The Balaban J connectivity index is 1.19. The van der Waals surface area contributed by atoms with E-state index in [0.29, 0.717) is 35.7 Å².